The predicted octanol–water partition coefficient (Wildman–Crippen LogP) is -0.101. The number of amides is 2. The molecule has 8 nitrogen and oxygen atoms in total. The van der Waals surface area contributed by atoms with Gasteiger partial charge in [-0.2, -0.15) is 5.10 Å². The zero-order valence-corrected chi connectivity index (χ0v) is 14.4. The minimum Gasteiger partial charge on any atom is -0.368 e. The number of carbonyl (C=O) groups excluding carboxylic acids is 2. The van der Waals surface area contributed by atoms with E-state index in [1.165, 1.54) is 0 Å². The zero-order valence-electron chi connectivity index (χ0n) is 14.4. The summed E-state index contributed by atoms with van der Waals surface area (Å²) in [6.07, 6.45) is 3.27. The SMILES string of the molecule is CC(C)N1CC2(COCC1=O)CN(C(=O)c1cnn(C)c1)CCO2. The molecule has 2 aliphatic rings. The number of rotatable bonds is 2. The van der Waals surface area contributed by atoms with Crippen LogP contribution >= 0.6 is 0 Å². The van der Waals surface area contributed by atoms with E-state index in [9.17, 15) is 9.59 Å². The lowest BCUT2D eigenvalue weighted by Crippen LogP contribution is -2.60. The zero-order chi connectivity index (χ0) is 17.3. The molecule has 0 bridgehead atoms. The lowest BCUT2D eigenvalue weighted by atomic mass is 10.0. The van der Waals surface area contributed by atoms with Crippen molar-refractivity contribution in [1.82, 2.24) is 19.6 Å². The van der Waals surface area contributed by atoms with Crippen LogP contribution in [0.25, 0.3) is 0 Å². The topological polar surface area (TPSA) is 76.9 Å². The van der Waals surface area contributed by atoms with Gasteiger partial charge < -0.3 is 19.3 Å². The second-order valence-corrected chi connectivity index (χ2v) is 6.77. The van der Waals surface area contributed by atoms with Gasteiger partial charge in [0.25, 0.3) is 5.91 Å². The van der Waals surface area contributed by atoms with E-state index in [1.807, 2.05) is 13.8 Å². The van der Waals surface area contributed by atoms with Crippen LogP contribution in [-0.4, -0.2) is 82.5 Å². The molecule has 0 aromatic carbocycles. The van der Waals surface area contributed by atoms with Gasteiger partial charge >= 0.3 is 0 Å². The average molecular weight is 336 g/mol. The van der Waals surface area contributed by atoms with Crippen molar-refractivity contribution in [3.63, 3.8) is 0 Å². The number of nitrogens with zero attached hydrogens (tertiary/aromatic N) is 4. The molecule has 24 heavy (non-hydrogen) atoms. The van der Waals surface area contributed by atoms with Gasteiger partial charge in [0, 0.05) is 25.8 Å². The van der Waals surface area contributed by atoms with E-state index in [0.29, 0.717) is 38.4 Å². The number of ether oxygens (including phenoxy) is 2. The normalized spacial score (nSPS) is 25.4. The molecule has 132 valence electrons. The predicted molar refractivity (Wildman–Crippen MR) is 85.5 cm³/mol. The van der Waals surface area contributed by atoms with Crippen LogP contribution in [-0.2, 0) is 21.3 Å². The summed E-state index contributed by atoms with van der Waals surface area (Å²) in [5.74, 6) is -0.112. The van der Waals surface area contributed by atoms with Gasteiger partial charge in [0.1, 0.15) is 12.2 Å². The molecule has 8 heteroatoms. The molecular formula is C16H24N4O4. The summed E-state index contributed by atoms with van der Waals surface area (Å²) in [5, 5.41) is 4.06. The van der Waals surface area contributed by atoms with Crippen LogP contribution < -0.4 is 0 Å². The van der Waals surface area contributed by atoms with Gasteiger partial charge in [-0.05, 0) is 13.8 Å². The van der Waals surface area contributed by atoms with Crippen molar-refractivity contribution in [3.8, 4) is 0 Å². The lowest BCUT2D eigenvalue weighted by molar-refractivity contribution is -0.140. The highest BCUT2D eigenvalue weighted by molar-refractivity contribution is 5.93. The van der Waals surface area contributed by atoms with Crippen LogP contribution in [0.15, 0.2) is 12.4 Å². The summed E-state index contributed by atoms with van der Waals surface area (Å²) in [4.78, 5) is 28.4. The molecule has 0 saturated carbocycles. The van der Waals surface area contributed by atoms with Crippen molar-refractivity contribution in [2.45, 2.75) is 25.5 Å². The van der Waals surface area contributed by atoms with Crippen molar-refractivity contribution in [1.29, 1.82) is 0 Å². The summed E-state index contributed by atoms with van der Waals surface area (Å²) in [5.41, 5.74) is -0.118. The number of aromatic nitrogens is 2. The number of carbonyl (C=O) groups is 2. The number of aryl methyl sites for hydroxylation is 1. The number of hydrogen-bond donors (Lipinski definition) is 0. The van der Waals surface area contributed by atoms with E-state index >= 15 is 0 Å². The molecule has 1 aromatic heterocycles. The fourth-order valence-electron chi connectivity index (χ4n) is 3.24. The van der Waals surface area contributed by atoms with Crippen LogP contribution in [0.1, 0.15) is 24.2 Å². The van der Waals surface area contributed by atoms with Gasteiger partial charge in [0.05, 0.1) is 38.1 Å². The first-order chi connectivity index (χ1) is 11.4. The highest BCUT2D eigenvalue weighted by Crippen LogP contribution is 2.25. The highest BCUT2D eigenvalue weighted by Gasteiger charge is 2.43. The summed E-state index contributed by atoms with van der Waals surface area (Å²) in [7, 11) is 1.78. The summed E-state index contributed by atoms with van der Waals surface area (Å²) in [6.45, 7) is 6.08. The largest absolute Gasteiger partial charge is 0.368 e. The molecule has 2 amide bonds. The number of morpholine rings is 1. The molecule has 2 fully saturated rings. The number of hydrogen-bond acceptors (Lipinski definition) is 5. The molecule has 0 N–H and O–H groups in total. The molecule has 0 aliphatic carbocycles. The maximum absolute atomic E-state index is 12.7. The molecule has 1 aromatic rings. The Bertz CT molecular complexity index is 629. The second-order valence-electron chi connectivity index (χ2n) is 6.77. The highest BCUT2D eigenvalue weighted by atomic mass is 16.5. The quantitative estimate of drug-likeness (QED) is 0.754. The fourth-order valence-corrected chi connectivity index (χ4v) is 3.24. The molecule has 3 rings (SSSR count). The van der Waals surface area contributed by atoms with Gasteiger partial charge in [0.15, 0.2) is 0 Å². The molecule has 1 atom stereocenters. The van der Waals surface area contributed by atoms with Crippen LogP contribution in [0.4, 0.5) is 0 Å². The Kier molecular flexibility index (Phi) is 4.60. The molecule has 2 aliphatic heterocycles. The minimum atomic E-state index is -0.674. The molecule has 1 spiro atoms. The van der Waals surface area contributed by atoms with Crippen molar-refractivity contribution in [2.24, 2.45) is 7.05 Å². The average Bonchev–Trinajstić information content (AvgIpc) is 2.91. The van der Waals surface area contributed by atoms with E-state index in [2.05, 4.69) is 5.10 Å². The summed E-state index contributed by atoms with van der Waals surface area (Å²) in [6, 6.07) is 0.0593. The van der Waals surface area contributed by atoms with Gasteiger partial charge in [-0.3, -0.25) is 14.3 Å². The van der Waals surface area contributed by atoms with Crippen LogP contribution in [0.2, 0.25) is 0 Å². The third-order valence-electron chi connectivity index (χ3n) is 4.48. The maximum Gasteiger partial charge on any atom is 0.257 e. The molecule has 3 heterocycles. The molecule has 1 unspecified atom stereocenters. The Hall–Kier alpha value is -1.93. The smallest absolute Gasteiger partial charge is 0.257 e. The minimum absolute atomic E-state index is 0.0406. The first kappa shape index (κ1) is 16.9. The first-order valence-electron chi connectivity index (χ1n) is 8.19. The summed E-state index contributed by atoms with van der Waals surface area (Å²) < 4.78 is 13.2. The van der Waals surface area contributed by atoms with Crippen LogP contribution in [0.3, 0.4) is 0 Å². The van der Waals surface area contributed by atoms with Crippen LogP contribution in [0.5, 0.6) is 0 Å². The van der Waals surface area contributed by atoms with Crippen molar-refractivity contribution in [2.75, 3.05) is 39.5 Å². The Morgan fingerprint density at radius 3 is 2.83 bits per heavy atom. The van der Waals surface area contributed by atoms with Crippen molar-refractivity contribution >= 4 is 11.8 Å². The Morgan fingerprint density at radius 1 is 1.38 bits per heavy atom. The Balaban J connectivity index is 1.78. The van der Waals surface area contributed by atoms with Crippen molar-refractivity contribution < 1.29 is 19.1 Å². The van der Waals surface area contributed by atoms with Crippen LogP contribution in [0, 0.1) is 0 Å². The summed E-state index contributed by atoms with van der Waals surface area (Å²) >= 11 is 0. The maximum atomic E-state index is 12.7. The van der Waals surface area contributed by atoms with E-state index in [4.69, 9.17) is 9.47 Å². The van der Waals surface area contributed by atoms with E-state index in [1.54, 1.807) is 33.9 Å². The first-order valence-corrected chi connectivity index (χ1v) is 8.19. The van der Waals surface area contributed by atoms with E-state index in [-0.39, 0.29) is 24.5 Å². The Labute approximate surface area is 141 Å². The van der Waals surface area contributed by atoms with Gasteiger partial charge in [-0.25, -0.2) is 0 Å². The Morgan fingerprint density at radius 2 is 2.17 bits per heavy atom. The van der Waals surface area contributed by atoms with E-state index < -0.39 is 5.60 Å². The standard InChI is InChI=1S/C16H24N4O4/c1-12(2)20-10-16(11-23-8-14(20)21)9-19(4-5-24-16)15(22)13-6-17-18(3)7-13/h6-7,12H,4-5,8-11H2,1-3H3. The third kappa shape index (κ3) is 3.29. The van der Waals surface area contributed by atoms with E-state index in [0.717, 1.165) is 0 Å². The van der Waals surface area contributed by atoms with Gasteiger partial charge in [0.2, 0.25) is 5.91 Å². The lowest BCUT2D eigenvalue weighted by Gasteiger charge is -2.43. The molecular weight excluding hydrogens is 312 g/mol. The monoisotopic (exact) mass is 336 g/mol. The molecule has 2 saturated heterocycles. The third-order valence-corrected chi connectivity index (χ3v) is 4.48. The van der Waals surface area contributed by atoms with Crippen molar-refractivity contribution in [3.05, 3.63) is 18.0 Å². The van der Waals surface area contributed by atoms with Gasteiger partial charge in [-0.1, -0.05) is 0 Å². The second kappa shape index (κ2) is 6.52. The molecule has 0 radical (unpaired) electrons. The fraction of sp³-hybridized carbons (Fsp3) is 0.688. The van der Waals surface area contributed by atoms with Gasteiger partial charge in [-0.15, -0.1) is 0 Å².